The number of amides is 3. The zero-order valence-corrected chi connectivity index (χ0v) is 15.3. The number of imide groups is 1. The second-order valence-electron chi connectivity index (χ2n) is 6.05. The summed E-state index contributed by atoms with van der Waals surface area (Å²) in [5, 5.41) is 11.4. The van der Waals surface area contributed by atoms with E-state index in [1.54, 1.807) is 36.4 Å². The van der Waals surface area contributed by atoms with E-state index in [4.69, 9.17) is 14.6 Å². The predicted molar refractivity (Wildman–Crippen MR) is 100 cm³/mol. The van der Waals surface area contributed by atoms with E-state index < -0.39 is 17.9 Å². The minimum absolute atomic E-state index is 0.182. The van der Waals surface area contributed by atoms with E-state index in [2.05, 4.69) is 5.32 Å². The lowest BCUT2D eigenvalue weighted by Gasteiger charge is -2.12. The second kappa shape index (κ2) is 7.83. The first kappa shape index (κ1) is 19.0. The Morgan fingerprint density at radius 2 is 1.86 bits per heavy atom. The number of hydrogen-bond donors (Lipinski definition) is 2. The van der Waals surface area contributed by atoms with E-state index >= 15 is 0 Å². The normalized spacial score (nSPS) is 14.9. The van der Waals surface area contributed by atoms with Gasteiger partial charge in [-0.3, -0.25) is 9.69 Å². The molecule has 2 aromatic carbocycles. The van der Waals surface area contributed by atoms with Gasteiger partial charge >= 0.3 is 12.0 Å². The highest BCUT2D eigenvalue weighted by Crippen LogP contribution is 2.30. The summed E-state index contributed by atoms with van der Waals surface area (Å²) in [4.78, 5) is 35.3. The standard InChI is InChI=1S/C20H18N2O6/c1-22-18(23)15(21-20(22)26)9-13-5-8-16(17(10-13)27-2)28-11-12-3-6-14(7-4-12)19(24)25/h3-10H,11H2,1-2H3,(H,21,26)(H,24,25)/b15-9+. The lowest BCUT2D eigenvalue weighted by Crippen LogP contribution is -2.25. The summed E-state index contributed by atoms with van der Waals surface area (Å²) in [6, 6.07) is 11.0. The molecule has 0 saturated carbocycles. The van der Waals surface area contributed by atoms with Crippen LogP contribution in [0.15, 0.2) is 48.2 Å². The van der Waals surface area contributed by atoms with E-state index in [1.807, 2.05) is 0 Å². The molecule has 2 N–H and O–H groups in total. The van der Waals surface area contributed by atoms with Crippen LogP contribution in [0.5, 0.6) is 11.5 Å². The van der Waals surface area contributed by atoms with Gasteiger partial charge in [0.15, 0.2) is 11.5 Å². The van der Waals surface area contributed by atoms with Crippen molar-refractivity contribution in [1.29, 1.82) is 0 Å². The molecular weight excluding hydrogens is 364 g/mol. The minimum Gasteiger partial charge on any atom is -0.493 e. The van der Waals surface area contributed by atoms with Crippen LogP contribution in [0.3, 0.4) is 0 Å². The number of carbonyl (C=O) groups is 3. The molecule has 0 aliphatic carbocycles. The van der Waals surface area contributed by atoms with Crippen molar-refractivity contribution >= 4 is 24.0 Å². The summed E-state index contributed by atoms with van der Waals surface area (Å²) in [6.07, 6.45) is 1.56. The van der Waals surface area contributed by atoms with Crippen molar-refractivity contribution in [3.05, 3.63) is 64.9 Å². The number of carboxylic acids is 1. The molecule has 144 valence electrons. The molecule has 0 aromatic heterocycles. The number of nitrogens with zero attached hydrogens (tertiary/aromatic N) is 1. The highest BCUT2D eigenvalue weighted by atomic mass is 16.5. The zero-order valence-electron chi connectivity index (χ0n) is 15.3. The fourth-order valence-electron chi connectivity index (χ4n) is 2.59. The van der Waals surface area contributed by atoms with Gasteiger partial charge in [-0.05, 0) is 41.5 Å². The van der Waals surface area contributed by atoms with Gasteiger partial charge in [0.05, 0.1) is 12.7 Å². The summed E-state index contributed by atoms with van der Waals surface area (Å²) in [6.45, 7) is 0.232. The van der Waals surface area contributed by atoms with Crippen LogP contribution in [-0.4, -0.2) is 42.1 Å². The Hall–Kier alpha value is -3.81. The Morgan fingerprint density at radius 1 is 1.14 bits per heavy atom. The Labute approximate surface area is 161 Å². The first-order valence-electron chi connectivity index (χ1n) is 8.33. The van der Waals surface area contributed by atoms with Gasteiger partial charge in [-0.25, -0.2) is 9.59 Å². The van der Waals surface area contributed by atoms with Crippen LogP contribution >= 0.6 is 0 Å². The second-order valence-corrected chi connectivity index (χ2v) is 6.05. The van der Waals surface area contributed by atoms with Gasteiger partial charge in [0.1, 0.15) is 12.3 Å². The predicted octanol–water partition coefficient (Wildman–Crippen LogP) is 2.49. The highest BCUT2D eigenvalue weighted by molar-refractivity contribution is 6.13. The van der Waals surface area contributed by atoms with Gasteiger partial charge in [-0.15, -0.1) is 0 Å². The zero-order chi connectivity index (χ0) is 20.3. The fourth-order valence-corrected chi connectivity index (χ4v) is 2.59. The van der Waals surface area contributed by atoms with Crippen LogP contribution in [0.4, 0.5) is 4.79 Å². The molecule has 2 aromatic rings. The van der Waals surface area contributed by atoms with Crippen LogP contribution in [0.1, 0.15) is 21.5 Å². The topological polar surface area (TPSA) is 105 Å². The van der Waals surface area contributed by atoms with Crippen molar-refractivity contribution in [3.8, 4) is 11.5 Å². The van der Waals surface area contributed by atoms with Gasteiger partial charge in [-0.2, -0.15) is 0 Å². The molecule has 1 aliphatic rings. The fraction of sp³-hybridized carbons (Fsp3) is 0.150. The lowest BCUT2D eigenvalue weighted by atomic mass is 10.1. The number of urea groups is 1. The Balaban J connectivity index is 1.74. The minimum atomic E-state index is -0.984. The molecule has 3 amide bonds. The smallest absolute Gasteiger partial charge is 0.335 e. The van der Waals surface area contributed by atoms with E-state index in [0.717, 1.165) is 10.5 Å². The SMILES string of the molecule is COc1cc(/C=C2/NC(=O)N(C)C2=O)ccc1OCc1ccc(C(=O)O)cc1. The molecule has 1 saturated heterocycles. The largest absolute Gasteiger partial charge is 0.493 e. The van der Waals surface area contributed by atoms with E-state index in [1.165, 1.54) is 26.3 Å². The summed E-state index contributed by atoms with van der Waals surface area (Å²) >= 11 is 0. The monoisotopic (exact) mass is 382 g/mol. The first-order chi connectivity index (χ1) is 13.4. The van der Waals surface area contributed by atoms with Gasteiger partial charge < -0.3 is 19.9 Å². The molecule has 8 heteroatoms. The average molecular weight is 382 g/mol. The van der Waals surface area contributed by atoms with Gasteiger partial charge in [-0.1, -0.05) is 18.2 Å². The van der Waals surface area contributed by atoms with Gasteiger partial charge in [0.25, 0.3) is 5.91 Å². The third kappa shape index (κ3) is 3.96. The average Bonchev–Trinajstić information content (AvgIpc) is 2.93. The van der Waals surface area contributed by atoms with Crippen molar-refractivity contribution < 1.29 is 29.0 Å². The summed E-state index contributed by atoms with van der Waals surface area (Å²) < 4.78 is 11.1. The third-order valence-electron chi connectivity index (χ3n) is 4.18. The van der Waals surface area contributed by atoms with Gasteiger partial charge in [0.2, 0.25) is 0 Å². The maximum Gasteiger partial charge on any atom is 0.335 e. The highest BCUT2D eigenvalue weighted by Gasteiger charge is 2.29. The van der Waals surface area contributed by atoms with Crippen LogP contribution < -0.4 is 14.8 Å². The molecule has 0 atom stereocenters. The number of likely N-dealkylation sites (N-methyl/N-ethyl adjacent to an activating group) is 1. The number of nitrogens with one attached hydrogen (secondary N) is 1. The van der Waals surface area contributed by atoms with Crippen LogP contribution in [0.2, 0.25) is 0 Å². The third-order valence-corrected chi connectivity index (χ3v) is 4.18. The molecule has 1 fully saturated rings. The molecule has 1 aliphatic heterocycles. The molecule has 8 nitrogen and oxygen atoms in total. The molecule has 0 bridgehead atoms. The summed E-state index contributed by atoms with van der Waals surface area (Å²) in [7, 11) is 2.90. The van der Waals surface area contributed by atoms with Crippen molar-refractivity contribution in [2.24, 2.45) is 0 Å². The molecule has 0 radical (unpaired) electrons. The Kier molecular flexibility index (Phi) is 5.30. The molecule has 1 heterocycles. The number of rotatable bonds is 6. The maximum atomic E-state index is 11.9. The summed E-state index contributed by atoms with van der Waals surface area (Å²) in [5.41, 5.74) is 1.86. The Bertz CT molecular complexity index is 965. The van der Waals surface area contributed by atoms with Crippen molar-refractivity contribution in [3.63, 3.8) is 0 Å². The number of carboxylic acid groups (broad SMARTS) is 1. The quantitative estimate of drug-likeness (QED) is 0.587. The lowest BCUT2D eigenvalue weighted by molar-refractivity contribution is -0.121. The molecule has 28 heavy (non-hydrogen) atoms. The number of benzene rings is 2. The maximum absolute atomic E-state index is 11.9. The van der Waals surface area contributed by atoms with Crippen LogP contribution in [0, 0.1) is 0 Å². The number of carbonyl (C=O) groups excluding carboxylic acids is 2. The number of hydrogen-bond acceptors (Lipinski definition) is 5. The molecule has 3 rings (SSSR count). The molecular formula is C20H18N2O6. The van der Waals surface area contributed by atoms with Crippen molar-refractivity contribution in [2.45, 2.75) is 6.61 Å². The Morgan fingerprint density at radius 3 is 2.43 bits per heavy atom. The van der Waals surface area contributed by atoms with E-state index in [-0.39, 0.29) is 17.9 Å². The van der Waals surface area contributed by atoms with Gasteiger partial charge in [0, 0.05) is 7.05 Å². The molecule has 0 unspecified atom stereocenters. The van der Waals surface area contributed by atoms with Crippen LogP contribution in [0.25, 0.3) is 6.08 Å². The summed E-state index contributed by atoms with van der Waals surface area (Å²) in [5.74, 6) is -0.441. The van der Waals surface area contributed by atoms with E-state index in [9.17, 15) is 14.4 Å². The first-order valence-corrected chi connectivity index (χ1v) is 8.33. The van der Waals surface area contributed by atoms with Crippen molar-refractivity contribution in [2.75, 3.05) is 14.2 Å². The molecule has 0 spiro atoms. The van der Waals surface area contributed by atoms with E-state index in [0.29, 0.717) is 17.1 Å². The number of aromatic carboxylic acids is 1. The van der Waals surface area contributed by atoms with Crippen LogP contribution in [-0.2, 0) is 11.4 Å². The number of ether oxygens (including phenoxy) is 2. The van der Waals surface area contributed by atoms with Crippen molar-refractivity contribution in [1.82, 2.24) is 10.2 Å². The number of methoxy groups -OCH3 is 1.